The molecule has 1 aromatic heterocycles. The molecule has 21 heavy (non-hydrogen) atoms. The summed E-state index contributed by atoms with van der Waals surface area (Å²) in [6.07, 6.45) is -1.14. The van der Waals surface area contributed by atoms with Crippen molar-refractivity contribution in [1.29, 1.82) is 0 Å². The second-order valence-electron chi connectivity index (χ2n) is 5.03. The van der Waals surface area contributed by atoms with Crippen LogP contribution in [0.3, 0.4) is 0 Å². The maximum Gasteiger partial charge on any atom is 0.522 e. The number of benzene rings is 1. The van der Waals surface area contributed by atoms with Crippen LogP contribution in [-0.4, -0.2) is 23.6 Å². The third-order valence-electron chi connectivity index (χ3n) is 3.48. The summed E-state index contributed by atoms with van der Waals surface area (Å²) in [5, 5.41) is 1.04. The van der Waals surface area contributed by atoms with E-state index < -0.39 is 13.0 Å². The van der Waals surface area contributed by atoms with Crippen molar-refractivity contribution in [2.45, 2.75) is 38.7 Å². The quantitative estimate of drug-likeness (QED) is 0.887. The van der Waals surface area contributed by atoms with E-state index in [1.807, 2.05) is 37.4 Å². The first-order valence-corrected chi connectivity index (χ1v) is 6.93. The number of halogens is 3. The van der Waals surface area contributed by atoms with Crippen molar-refractivity contribution in [3.63, 3.8) is 0 Å². The molecular weight excluding hydrogens is 281 g/mol. The highest BCUT2D eigenvalue weighted by molar-refractivity contribution is 5.84. The molecule has 0 spiro atoms. The Morgan fingerprint density at radius 2 is 2.00 bits per heavy atom. The van der Waals surface area contributed by atoms with Gasteiger partial charge in [-0.15, -0.1) is 13.2 Å². The highest BCUT2D eigenvalue weighted by Gasteiger charge is 2.28. The van der Waals surface area contributed by atoms with E-state index in [0.717, 1.165) is 22.9 Å². The second kappa shape index (κ2) is 6.49. The standard InChI is InChI=1S/C15H19F3N2O/c1-2-12(19)9-11-10-20(7-8-21-15(16,17)18)14-6-4-3-5-13(11)14/h3-6,10,12H,2,7-9,19H2,1H3. The zero-order valence-corrected chi connectivity index (χ0v) is 11.9. The van der Waals surface area contributed by atoms with Crippen molar-refractivity contribution in [1.82, 2.24) is 4.57 Å². The molecule has 2 rings (SSSR count). The highest BCUT2D eigenvalue weighted by atomic mass is 19.4. The Labute approximate surface area is 121 Å². The van der Waals surface area contributed by atoms with E-state index in [2.05, 4.69) is 4.74 Å². The Morgan fingerprint density at radius 1 is 1.29 bits per heavy atom. The molecule has 1 heterocycles. The zero-order valence-electron chi connectivity index (χ0n) is 11.9. The summed E-state index contributed by atoms with van der Waals surface area (Å²) < 4.78 is 41.8. The van der Waals surface area contributed by atoms with Gasteiger partial charge in [0.15, 0.2) is 0 Å². The second-order valence-corrected chi connectivity index (χ2v) is 5.03. The Hall–Kier alpha value is -1.53. The number of aromatic nitrogens is 1. The number of hydrogen-bond acceptors (Lipinski definition) is 2. The van der Waals surface area contributed by atoms with E-state index in [-0.39, 0.29) is 12.6 Å². The fourth-order valence-corrected chi connectivity index (χ4v) is 2.36. The molecule has 0 saturated heterocycles. The molecule has 2 aromatic rings. The van der Waals surface area contributed by atoms with Gasteiger partial charge in [-0.25, -0.2) is 0 Å². The van der Waals surface area contributed by atoms with E-state index in [9.17, 15) is 13.2 Å². The van der Waals surface area contributed by atoms with E-state index >= 15 is 0 Å². The van der Waals surface area contributed by atoms with Crippen molar-refractivity contribution >= 4 is 10.9 Å². The predicted molar refractivity (Wildman–Crippen MR) is 75.9 cm³/mol. The van der Waals surface area contributed by atoms with Crippen LogP contribution in [-0.2, 0) is 17.7 Å². The lowest BCUT2D eigenvalue weighted by Crippen LogP contribution is -2.21. The predicted octanol–water partition coefficient (Wildman–Crippen LogP) is 3.46. The smallest absolute Gasteiger partial charge is 0.345 e. The molecule has 0 saturated carbocycles. The molecule has 1 aromatic carbocycles. The maximum atomic E-state index is 12.0. The first-order valence-electron chi connectivity index (χ1n) is 6.93. The van der Waals surface area contributed by atoms with Crippen LogP contribution in [0.5, 0.6) is 0 Å². The molecular formula is C15H19F3N2O. The molecule has 1 atom stereocenters. The van der Waals surface area contributed by atoms with Gasteiger partial charge in [0.25, 0.3) is 0 Å². The van der Waals surface area contributed by atoms with Crippen LogP contribution in [0.1, 0.15) is 18.9 Å². The number of hydrogen-bond donors (Lipinski definition) is 1. The van der Waals surface area contributed by atoms with Crippen LogP contribution in [0.25, 0.3) is 10.9 Å². The monoisotopic (exact) mass is 300 g/mol. The van der Waals surface area contributed by atoms with Crippen molar-refractivity contribution in [2.24, 2.45) is 5.73 Å². The van der Waals surface area contributed by atoms with Gasteiger partial charge in [0.2, 0.25) is 0 Å². The molecule has 3 nitrogen and oxygen atoms in total. The Balaban J connectivity index is 2.19. The Morgan fingerprint density at radius 3 is 2.67 bits per heavy atom. The van der Waals surface area contributed by atoms with Crippen molar-refractivity contribution in [3.05, 3.63) is 36.0 Å². The minimum absolute atomic E-state index is 0.0516. The summed E-state index contributed by atoms with van der Waals surface area (Å²) in [4.78, 5) is 0. The Bertz CT molecular complexity index is 592. The molecule has 0 aliphatic carbocycles. The van der Waals surface area contributed by atoms with E-state index in [4.69, 9.17) is 5.73 Å². The van der Waals surface area contributed by atoms with Gasteiger partial charge in [-0.2, -0.15) is 0 Å². The van der Waals surface area contributed by atoms with Gasteiger partial charge in [0, 0.05) is 29.7 Å². The van der Waals surface area contributed by atoms with Crippen LogP contribution >= 0.6 is 0 Å². The summed E-state index contributed by atoms with van der Waals surface area (Å²) in [5.41, 5.74) is 7.95. The Kier molecular flexibility index (Phi) is 4.90. The molecule has 0 bridgehead atoms. The van der Waals surface area contributed by atoms with E-state index in [1.54, 1.807) is 4.57 Å². The lowest BCUT2D eigenvalue weighted by atomic mass is 10.0. The van der Waals surface area contributed by atoms with Gasteiger partial charge in [-0.05, 0) is 24.5 Å². The van der Waals surface area contributed by atoms with Crippen LogP contribution < -0.4 is 5.73 Å². The fraction of sp³-hybridized carbons (Fsp3) is 0.467. The molecule has 2 N–H and O–H groups in total. The topological polar surface area (TPSA) is 40.2 Å². The van der Waals surface area contributed by atoms with E-state index in [0.29, 0.717) is 6.42 Å². The minimum Gasteiger partial charge on any atom is -0.345 e. The largest absolute Gasteiger partial charge is 0.522 e. The molecule has 0 radical (unpaired) electrons. The van der Waals surface area contributed by atoms with Gasteiger partial charge in [-0.3, -0.25) is 4.74 Å². The number of rotatable bonds is 6. The first kappa shape index (κ1) is 15.9. The van der Waals surface area contributed by atoms with Crippen LogP contribution in [0.15, 0.2) is 30.5 Å². The summed E-state index contributed by atoms with van der Waals surface area (Å²) in [5.74, 6) is 0. The van der Waals surface area contributed by atoms with Crippen molar-refractivity contribution < 1.29 is 17.9 Å². The molecule has 1 unspecified atom stereocenters. The molecule has 6 heteroatoms. The van der Waals surface area contributed by atoms with Crippen LogP contribution in [0.2, 0.25) is 0 Å². The number of nitrogens with zero attached hydrogens (tertiary/aromatic N) is 1. The van der Waals surface area contributed by atoms with Crippen molar-refractivity contribution in [3.8, 4) is 0 Å². The molecule has 0 aliphatic rings. The number of nitrogens with two attached hydrogens (primary N) is 1. The van der Waals surface area contributed by atoms with Crippen molar-refractivity contribution in [2.75, 3.05) is 6.61 Å². The summed E-state index contributed by atoms with van der Waals surface area (Å²) in [6, 6.07) is 7.70. The number of alkyl halides is 3. The molecule has 116 valence electrons. The zero-order chi connectivity index (χ0) is 15.5. The number of fused-ring (bicyclic) bond motifs is 1. The average molecular weight is 300 g/mol. The fourth-order valence-electron chi connectivity index (χ4n) is 2.36. The van der Waals surface area contributed by atoms with E-state index in [1.165, 1.54) is 0 Å². The third-order valence-corrected chi connectivity index (χ3v) is 3.48. The number of para-hydroxylation sites is 1. The summed E-state index contributed by atoms with van der Waals surface area (Å²) in [7, 11) is 0. The van der Waals surface area contributed by atoms with Crippen LogP contribution in [0, 0.1) is 0 Å². The molecule has 0 amide bonds. The van der Waals surface area contributed by atoms with Gasteiger partial charge >= 0.3 is 6.36 Å². The van der Waals surface area contributed by atoms with Gasteiger partial charge < -0.3 is 10.3 Å². The van der Waals surface area contributed by atoms with Gasteiger partial charge in [0.05, 0.1) is 6.61 Å². The third kappa shape index (κ3) is 4.22. The lowest BCUT2D eigenvalue weighted by molar-refractivity contribution is -0.325. The first-order chi connectivity index (χ1) is 9.90. The average Bonchev–Trinajstić information content (AvgIpc) is 2.76. The summed E-state index contributed by atoms with van der Waals surface area (Å²) >= 11 is 0. The SMILES string of the molecule is CCC(N)Cc1cn(CCOC(F)(F)F)c2ccccc12. The lowest BCUT2D eigenvalue weighted by Gasteiger charge is -2.09. The maximum absolute atomic E-state index is 12.0. The molecule has 0 aliphatic heterocycles. The van der Waals surface area contributed by atoms with Gasteiger partial charge in [0.1, 0.15) is 0 Å². The van der Waals surface area contributed by atoms with Crippen LogP contribution in [0.4, 0.5) is 13.2 Å². The van der Waals surface area contributed by atoms with Gasteiger partial charge in [-0.1, -0.05) is 25.1 Å². The normalized spacial score (nSPS) is 13.8. The molecule has 0 fully saturated rings. The minimum atomic E-state index is -4.59. The number of ether oxygens (including phenoxy) is 1. The highest BCUT2D eigenvalue weighted by Crippen LogP contribution is 2.23. The summed E-state index contributed by atoms with van der Waals surface area (Å²) in [6.45, 7) is 1.77.